The number of halogens is 3. The van der Waals surface area contributed by atoms with Gasteiger partial charge < -0.3 is 14.2 Å². The van der Waals surface area contributed by atoms with E-state index in [4.69, 9.17) is 19.2 Å². The number of fused-ring (bicyclic) bond motifs is 1. The number of aromatic nitrogens is 1. The van der Waals surface area contributed by atoms with Gasteiger partial charge in [0.2, 0.25) is 0 Å². The van der Waals surface area contributed by atoms with Gasteiger partial charge in [-0.2, -0.15) is 0 Å². The van der Waals surface area contributed by atoms with Crippen molar-refractivity contribution < 1.29 is 19.0 Å². The van der Waals surface area contributed by atoms with Crippen LogP contribution in [0.1, 0.15) is 43.9 Å². The zero-order valence-corrected chi connectivity index (χ0v) is 27.9. The molecule has 0 amide bonds. The third kappa shape index (κ3) is 5.75. The topological polar surface area (TPSA) is 79.1 Å². The van der Waals surface area contributed by atoms with Gasteiger partial charge in [0, 0.05) is 10.0 Å². The lowest BCUT2D eigenvalue weighted by atomic mass is 9.93. The molecule has 0 N–H and O–H groups in total. The van der Waals surface area contributed by atoms with E-state index in [0.29, 0.717) is 38.3 Å². The van der Waals surface area contributed by atoms with Crippen LogP contribution in [0.4, 0.5) is 0 Å². The maximum absolute atomic E-state index is 14.0. The molecule has 0 aliphatic carbocycles. The number of nitrogens with zero attached hydrogens (tertiary/aromatic N) is 2. The van der Waals surface area contributed by atoms with E-state index < -0.39 is 12.0 Å². The number of benzene rings is 2. The van der Waals surface area contributed by atoms with Gasteiger partial charge in [-0.15, -0.1) is 0 Å². The molecule has 2 heterocycles. The number of hydrogen-bond donors (Lipinski definition) is 0. The molecule has 1 aliphatic rings. The van der Waals surface area contributed by atoms with E-state index in [1.807, 2.05) is 43.3 Å². The van der Waals surface area contributed by atoms with E-state index >= 15 is 0 Å². The Labute approximate surface area is 260 Å². The lowest BCUT2D eigenvalue weighted by Crippen LogP contribution is -2.40. The molecule has 0 fully saturated rings. The molecule has 0 radical (unpaired) electrons. The van der Waals surface area contributed by atoms with Crippen LogP contribution >= 0.6 is 72.4 Å². The van der Waals surface area contributed by atoms with Gasteiger partial charge in [-0.25, -0.2) is 9.79 Å². The minimum atomic E-state index is -0.752. The van der Waals surface area contributed by atoms with Crippen LogP contribution in [0, 0.1) is 7.14 Å². The second-order valence-electron chi connectivity index (χ2n) is 8.32. The van der Waals surface area contributed by atoms with E-state index in [1.165, 1.54) is 11.3 Å². The summed E-state index contributed by atoms with van der Waals surface area (Å²) < 4.78 is 21.4. The number of thiazole rings is 1. The monoisotopic (exact) mass is 822 g/mol. The molecule has 1 aliphatic heterocycles. The number of ether oxygens (including phenoxy) is 3. The molecule has 200 valence electrons. The molecule has 0 spiro atoms. The Morgan fingerprint density at radius 2 is 1.87 bits per heavy atom. The Morgan fingerprint density at radius 3 is 2.47 bits per heavy atom. The van der Waals surface area contributed by atoms with Crippen molar-refractivity contribution in [1.29, 1.82) is 0 Å². The second kappa shape index (κ2) is 12.6. The predicted octanol–water partition coefficient (Wildman–Crippen LogP) is 5.57. The normalized spacial score (nSPS) is 15.2. The molecule has 11 heteroatoms. The quantitative estimate of drug-likeness (QED) is 0.220. The number of carbonyl (C=O) groups excluding carboxylic acids is 1. The fourth-order valence-electron chi connectivity index (χ4n) is 4.34. The van der Waals surface area contributed by atoms with E-state index in [-0.39, 0.29) is 12.2 Å². The van der Waals surface area contributed by atoms with Gasteiger partial charge >= 0.3 is 5.97 Å². The number of rotatable bonds is 8. The first kappa shape index (κ1) is 29.3. The summed E-state index contributed by atoms with van der Waals surface area (Å²) >= 11 is 9.30. The lowest BCUT2D eigenvalue weighted by Gasteiger charge is -2.27. The molecule has 2 aromatic carbocycles. The Balaban J connectivity index is 2.04. The minimum absolute atomic E-state index is 0.212. The van der Waals surface area contributed by atoms with E-state index in [9.17, 15) is 9.59 Å². The van der Waals surface area contributed by atoms with Crippen molar-refractivity contribution in [2.75, 3.05) is 20.8 Å². The Morgan fingerprint density at radius 1 is 1.16 bits per heavy atom. The highest BCUT2D eigenvalue weighted by molar-refractivity contribution is 14.1. The maximum Gasteiger partial charge on any atom is 0.338 e. The molecule has 1 aromatic heterocycles. The first-order valence-corrected chi connectivity index (χ1v) is 15.6. The zero-order chi connectivity index (χ0) is 27.6. The molecule has 38 heavy (non-hydrogen) atoms. The molecular formula is C27H25BrI2N2O5S. The van der Waals surface area contributed by atoms with Gasteiger partial charge in [0.25, 0.3) is 5.56 Å². The Kier molecular flexibility index (Phi) is 9.74. The van der Waals surface area contributed by atoms with E-state index in [0.717, 1.165) is 29.3 Å². The van der Waals surface area contributed by atoms with Crippen LogP contribution in [-0.4, -0.2) is 31.4 Å². The first-order valence-electron chi connectivity index (χ1n) is 11.8. The fourth-order valence-corrected chi connectivity index (χ4v) is 8.00. The summed E-state index contributed by atoms with van der Waals surface area (Å²) in [5, 5.41) is 0. The number of allylic oxidation sites excluding steroid dienone is 1. The number of methoxy groups -OCH3 is 2. The molecule has 7 nitrogen and oxygen atoms in total. The maximum atomic E-state index is 14.0. The van der Waals surface area contributed by atoms with Crippen molar-refractivity contribution in [3.05, 3.63) is 84.0 Å². The van der Waals surface area contributed by atoms with Crippen molar-refractivity contribution >= 4 is 84.5 Å². The van der Waals surface area contributed by atoms with Crippen molar-refractivity contribution in [1.82, 2.24) is 4.57 Å². The molecule has 0 saturated heterocycles. The molecule has 0 bridgehead atoms. The highest BCUT2D eigenvalue weighted by Gasteiger charge is 2.36. The summed E-state index contributed by atoms with van der Waals surface area (Å²) in [5.74, 6) is 0.877. The van der Waals surface area contributed by atoms with E-state index in [2.05, 4.69) is 61.1 Å². The summed E-state index contributed by atoms with van der Waals surface area (Å²) in [7, 11) is 3.21. The fraction of sp³-hybridized carbons (Fsp3) is 0.296. The van der Waals surface area contributed by atoms with Gasteiger partial charge in [0.15, 0.2) is 4.80 Å². The smallest absolute Gasteiger partial charge is 0.338 e. The molecule has 0 unspecified atom stereocenters. The number of carbonyl (C=O) groups is 1. The Hall–Kier alpha value is -1.71. The lowest BCUT2D eigenvalue weighted by molar-refractivity contribution is -0.139. The molecule has 1 atom stereocenters. The van der Waals surface area contributed by atoms with E-state index in [1.54, 1.807) is 25.7 Å². The van der Waals surface area contributed by atoms with Crippen LogP contribution in [0.2, 0.25) is 0 Å². The van der Waals surface area contributed by atoms with Crippen molar-refractivity contribution in [2.24, 2.45) is 4.99 Å². The van der Waals surface area contributed by atoms with Gasteiger partial charge in [-0.3, -0.25) is 9.36 Å². The van der Waals surface area contributed by atoms with Crippen molar-refractivity contribution in [3.63, 3.8) is 0 Å². The van der Waals surface area contributed by atoms with Crippen LogP contribution in [0.5, 0.6) is 11.5 Å². The molecule has 3 aromatic rings. The highest BCUT2D eigenvalue weighted by Crippen LogP contribution is 2.38. The van der Waals surface area contributed by atoms with Gasteiger partial charge in [-0.05, 0) is 100 Å². The SMILES string of the molecule is CCCC1=C(C(=O)OCC)[C@@H](c2cc(Br)ccc2OC)n2c(s/c(=C/c3cc(I)c(OC)c(I)c3)c2=O)=N1. The van der Waals surface area contributed by atoms with Crippen molar-refractivity contribution in [2.45, 2.75) is 32.7 Å². The van der Waals surface area contributed by atoms with Crippen LogP contribution in [0.3, 0.4) is 0 Å². The van der Waals surface area contributed by atoms with Crippen LogP contribution in [-0.2, 0) is 9.53 Å². The van der Waals surface area contributed by atoms with Crippen LogP contribution in [0.25, 0.3) is 6.08 Å². The number of esters is 1. The average molecular weight is 823 g/mol. The summed E-state index contributed by atoms with van der Waals surface area (Å²) in [4.78, 5) is 32.7. The van der Waals surface area contributed by atoms with Gasteiger partial charge in [0.1, 0.15) is 17.5 Å². The third-order valence-electron chi connectivity index (χ3n) is 5.90. The molecular weight excluding hydrogens is 798 g/mol. The minimum Gasteiger partial charge on any atom is -0.496 e. The second-order valence-corrected chi connectivity index (χ2v) is 12.6. The van der Waals surface area contributed by atoms with Gasteiger partial charge in [-0.1, -0.05) is 40.6 Å². The largest absolute Gasteiger partial charge is 0.496 e. The van der Waals surface area contributed by atoms with Gasteiger partial charge in [0.05, 0.1) is 43.8 Å². The standard InChI is InChI=1S/C27H25BrI2N2O5S/c1-5-7-19-22(26(34)37-6-2)23(16-13-15(28)8-9-20(16)35-3)32-25(33)21(38-27(32)31-19)12-14-10-17(29)24(36-4)18(30)11-14/h8-13,23H,5-7H2,1-4H3/b21-12+/t23-/m1/s1. The van der Waals surface area contributed by atoms with Crippen LogP contribution in [0.15, 0.2) is 55.9 Å². The Bertz CT molecular complexity index is 1590. The van der Waals surface area contributed by atoms with Crippen LogP contribution < -0.4 is 24.4 Å². The number of hydrogen-bond acceptors (Lipinski definition) is 7. The summed E-state index contributed by atoms with van der Waals surface area (Å²) in [6.07, 6.45) is 3.21. The summed E-state index contributed by atoms with van der Waals surface area (Å²) in [5.41, 5.74) is 2.30. The van der Waals surface area contributed by atoms with Crippen molar-refractivity contribution in [3.8, 4) is 11.5 Å². The zero-order valence-electron chi connectivity index (χ0n) is 21.1. The highest BCUT2D eigenvalue weighted by atomic mass is 127. The summed E-state index contributed by atoms with van der Waals surface area (Å²) in [6.45, 7) is 4.00. The first-order chi connectivity index (χ1) is 18.2. The molecule has 4 rings (SSSR count). The molecule has 0 saturated carbocycles. The average Bonchev–Trinajstić information content (AvgIpc) is 3.17. The predicted molar refractivity (Wildman–Crippen MR) is 169 cm³/mol. The third-order valence-corrected chi connectivity index (χ3v) is 8.98. The summed E-state index contributed by atoms with van der Waals surface area (Å²) in [6, 6.07) is 8.75.